The van der Waals surface area contributed by atoms with Crippen molar-refractivity contribution in [2.24, 2.45) is 11.7 Å². The molecule has 0 radical (unpaired) electrons. The molecule has 17 heavy (non-hydrogen) atoms. The average Bonchev–Trinajstić information content (AvgIpc) is 2.81. The molecule has 0 spiro atoms. The lowest BCUT2D eigenvalue weighted by atomic mass is 9.97. The van der Waals surface area contributed by atoms with Gasteiger partial charge in [-0.2, -0.15) is 4.98 Å². The van der Waals surface area contributed by atoms with Gasteiger partial charge >= 0.3 is 0 Å². The van der Waals surface area contributed by atoms with E-state index in [1.165, 1.54) is 25.9 Å². The van der Waals surface area contributed by atoms with Crippen LogP contribution in [-0.2, 0) is 6.54 Å². The second-order valence-electron chi connectivity index (χ2n) is 4.95. The standard InChI is InChI=1S/C12H22N4O/c1-15-5-3-10(4-6-15)8-16(2)12-14-11(7-13)9-17-12/h9-10H,3-8,13H2,1-2H3. The normalized spacial score (nSPS) is 18.5. The van der Waals surface area contributed by atoms with Gasteiger partial charge in [-0.3, -0.25) is 0 Å². The van der Waals surface area contributed by atoms with Gasteiger partial charge in [0.1, 0.15) is 6.26 Å². The van der Waals surface area contributed by atoms with Crippen molar-refractivity contribution in [1.29, 1.82) is 0 Å². The Morgan fingerprint density at radius 2 is 2.24 bits per heavy atom. The van der Waals surface area contributed by atoms with E-state index in [-0.39, 0.29) is 0 Å². The van der Waals surface area contributed by atoms with Crippen molar-refractivity contribution in [3.05, 3.63) is 12.0 Å². The third kappa shape index (κ3) is 3.20. The van der Waals surface area contributed by atoms with Crippen molar-refractivity contribution < 1.29 is 4.42 Å². The Hall–Kier alpha value is -1.07. The highest BCUT2D eigenvalue weighted by Gasteiger charge is 2.19. The van der Waals surface area contributed by atoms with Crippen molar-refractivity contribution in [2.45, 2.75) is 19.4 Å². The van der Waals surface area contributed by atoms with Gasteiger partial charge in [0, 0.05) is 20.1 Å². The molecule has 1 aliphatic rings. The molecule has 0 bridgehead atoms. The van der Waals surface area contributed by atoms with Gasteiger partial charge in [0.25, 0.3) is 6.01 Å². The van der Waals surface area contributed by atoms with Crippen molar-refractivity contribution >= 4 is 6.01 Å². The van der Waals surface area contributed by atoms with E-state index in [0.29, 0.717) is 12.6 Å². The molecule has 96 valence electrons. The van der Waals surface area contributed by atoms with E-state index in [2.05, 4.69) is 21.8 Å². The molecule has 1 saturated heterocycles. The molecule has 1 aliphatic heterocycles. The zero-order chi connectivity index (χ0) is 12.3. The van der Waals surface area contributed by atoms with Crippen molar-refractivity contribution in [1.82, 2.24) is 9.88 Å². The fraction of sp³-hybridized carbons (Fsp3) is 0.750. The van der Waals surface area contributed by atoms with Crippen molar-refractivity contribution in [3.8, 4) is 0 Å². The third-order valence-electron chi connectivity index (χ3n) is 3.45. The molecule has 0 atom stereocenters. The highest BCUT2D eigenvalue weighted by atomic mass is 16.4. The van der Waals surface area contributed by atoms with Crippen LogP contribution in [0.1, 0.15) is 18.5 Å². The Balaban J connectivity index is 1.86. The first-order valence-corrected chi connectivity index (χ1v) is 6.23. The van der Waals surface area contributed by atoms with Gasteiger partial charge in [0.05, 0.1) is 5.69 Å². The van der Waals surface area contributed by atoms with Gasteiger partial charge in [-0.1, -0.05) is 0 Å². The summed E-state index contributed by atoms with van der Waals surface area (Å²) in [6.45, 7) is 3.83. The van der Waals surface area contributed by atoms with Gasteiger partial charge in [-0.05, 0) is 38.9 Å². The first-order valence-electron chi connectivity index (χ1n) is 6.23. The largest absolute Gasteiger partial charge is 0.432 e. The van der Waals surface area contributed by atoms with E-state index in [0.717, 1.165) is 18.2 Å². The lowest BCUT2D eigenvalue weighted by Gasteiger charge is -2.31. The fourth-order valence-corrected chi connectivity index (χ4v) is 2.28. The maximum absolute atomic E-state index is 5.52. The van der Waals surface area contributed by atoms with Crippen LogP contribution in [0.4, 0.5) is 6.01 Å². The topological polar surface area (TPSA) is 58.5 Å². The van der Waals surface area contributed by atoms with Gasteiger partial charge in [0.2, 0.25) is 0 Å². The second kappa shape index (κ2) is 5.51. The number of aromatic nitrogens is 1. The molecule has 1 aromatic heterocycles. The van der Waals surface area contributed by atoms with E-state index in [9.17, 15) is 0 Å². The predicted molar refractivity (Wildman–Crippen MR) is 67.9 cm³/mol. The first kappa shape index (κ1) is 12.4. The summed E-state index contributed by atoms with van der Waals surface area (Å²) in [5, 5.41) is 0. The maximum Gasteiger partial charge on any atom is 0.297 e. The van der Waals surface area contributed by atoms with Crippen molar-refractivity contribution in [3.63, 3.8) is 0 Å². The van der Waals surface area contributed by atoms with Gasteiger partial charge in [0.15, 0.2) is 0 Å². The van der Waals surface area contributed by atoms with Gasteiger partial charge in [-0.15, -0.1) is 0 Å². The SMILES string of the molecule is CN1CCC(CN(C)c2nc(CN)co2)CC1. The quantitative estimate of drug-likeness (QED) is 0.845. The molecular formula is C12H22N4O. The van der Waals surface area contributed by atoms with Crippen LogP contribution >= 0.6 is 0 Å². The molecule has 5 nitrogen and oxygen atoms in total. The van der Waals surface area contributed by atoms with Crippen LogP contribution in [0.3, 0.4) is 0 Å². The Morgan fingerprint density at radius 1 is 1.53 bits per heavy atom. The van der Waals surface area contributed by atoms with E-state index < -0.39 is 0 Å². The molecule has 0 aromatic carbocycles. The van der Waals surface area contributed by atoms with E-state index in [1.807, 2.05) is 7.05 Å². The number of nitrogens with two attached hydrogens (primary N) is 1. The monoisotopic (exact) mass is 238 g/mol. The molecule has 1 fully saturated rings. The number of likely N-dealkylation sites (tertiary alicyclic amines) is 1. The maximum atomic E-state index is 5.52. The van der Waals surface area contributed by atoms with Gasteiger partial charge in [-0.25, -0.2) is 0 Å². The number of nitrogens with zero attached hydrogens (tertiary/aromatic N) is 3. The average molecular weight is 238 g/mol. The van der Waals surface area contributed by atoms with E-state index >= 15 is 0 Å². The number of rotatable bonds is 4. The molecule has 1 aromatic rings. The molecule has 0 unspecified atom stereocenters. The number of anilines is 1. The minimum atomic E-state index is 0.436. The minimum absolute atomic E-state index is 0.436. The lowest BCUT2D eigenvalue weighted by molar-refractivity contribution is 0.221. The first-order chi connectivity index (χ1) is 8.19. The molecule has 2 N–H and O–H groups in total. The molecule has 0 saturated carbocycles. The molecular weight excluding hydrogens is 216 g/mol. The predicted octanol–water partition coefficient (Wildman–Crippen LogP) is 0.911. The van der Waals surface area contributed by atoms with Crippen LogP contribution in [0.15, 0.2) is 10.7 Å². The Labute approximate surface area is 103 Å². The smallest absolute Gasteiger partial charge is 0.297 e. The third-order valence-corrected chi connectivity index (χ3v) is 3.45. The Morgan fingerprint density at radius 3 is 2.82 bits per heavy atom. The zero-order valence-corrected chi connectivity index (χ0v) is 10.7. The molecule has 5 heteroatoms. The Bertz CT molecular complexity index is 344. The van der Waals surface area contributed by atoms with Crippen LogP contribution in [0, 0.1) is 5.92 Å². The number of hydrogen-bond acceptors (Lipinski definition) is 5. The number of piperidine rings is 1. The molecule has 0 aliphatic carbocycles. The Kier molecular flexibility index (Phi) is 4.02. The second-order valence-corrected chi connectivity index (χ2v) is 4.95. The summed E-state index contributed by atoms with van der Waals surface area (Å²) in [4.78, 5) is 8.81. The summed E-state index contributed by atoms with van der Waals surface area (Å²) in [6.07, 6.45) is 4.15. The lowest BCUT2D eigenvalue weighted by Crippen LogP contribution is -2.35. The summed E-state index contributed by atoms with van der Waals surface area (Å²) >= 11 is 0. The summed E-state index contributed by atoms with van der Waals surface area (Å²) in [6, 6.07) is 0.685. The summed E-state index contributed by atoms with van der Waals surface area (Å²) < 4.78 is 5.40. The van der Waals surface area contributed by atoms with Crippen LogP contribution in [0.2, 0.25) is 0 Å². The summed E-state index contributed by atoms with van der Waals surface area (Å²) in [5.74, 6) is 0.740. The van der Waals surface area contributed by atoms with Crippen molar-refractivity contribution in [2.75, 3.05) is 38.6 Å². The molecule has 0 amide bonds. The summed E-state index contributed by atoms with van der Waals surface area (Å²) in [5.41, 5.74) is 6.33. The van der Waals surface area contributed by atoms with E-state index in [1.54, 1.807) is 6.26 Å². The van der Waals surface area contributed by atoms with Crippen LogP contribution < -0.4 is 10.6 Å². The van der Waals surface area contributed by atoms with Crippen LogP contribution in [0.5, 0.6) is 0 Å². The summed E-state index contributed by atoms with van der Waals surface area (Å²) in [7, 11) is 4.21. The molecule has 2 heterocycles. The van der Waals surface area contributed by atoms with Gasteiger partial charge < -0.3 is 20.0 Å². The highest BCUT2D eigenvalue weighted by Crippen LogP contribution is 2.20. The minimum Gasteiger partial charge on any atom is -0.432 e. The molecule has 2 rings (SSSR count). The van der Waals surface area contributed by atoms with Crippen LogP contribution in [0.25, 0.3) is 0 Å². The fourth-order valence-electron chi connectivity index (χ4n) is 2.28. The number of oxazole rings is 1. The zero-order valence-electron chi connectivity index (χ0n) is 10.7. The highest BCUT2D eigenvalue weighted by molar-refractivity contribution is 5.25. The van der Waals surface area contributed by atoms with Crippen LogP contribution in [-0.4, -0.2) is 43.6 Å². The van der Waals surface area contributed by atoms with E-state index in [4.69, 9.17) is 10.2 Å². The number of hydrogen-bond donors (Lipinski definition) is 1.